The van der Waals surface area contributed by atoms with E-state index in [-0.39, 0.29) is 18.0 Å². The Bertz CT molecular complexity index is 385. The molecule has 1 aromatic carbocycles. The molecule has 0 unspecified atom stereocenters. The average Bonchev–Trinajstić information content (AvgIpc) is 2.28. The minimum Gasteiger partial charge on any atom is -0.334 e. The molecule has 0 aliphatic rings. The second-order valence-corrected chi connectivity index (χ2v) is 4.74. The first-order chi connectivity index (χ1) is 7.95. The van der Waals surface area contributed by atoms with Gasteiger partial charge in [0.2, 0.25) is 0 Å². The maximum atomic E-state index is 12.4. The van der Waals surface area contributed by atoms with Crippen LogP contribution in [-0.2, 0) is 4.79 Å². The minimum absolute atomic E-state index is 0.0150. The molecule has 0 aliphatic heterocycles. The smallest absolute Gasteiger partial charge is 0.254 e. The average molecular weight is 231 g/mol. The van der Waals surface area contributed by atoms with Gasteiger partial charge in [-0.15, -0.1) is 0 Å². The van der Waals surface area contributed by atoms with E-state index in [4.69, 9.17) is 0 Å². The molecule has 0 spiro atoms. The Hall–Kier alpha value is -1.57. The maximum Gasteiger partial charge on any atom is 0.254 e. The Kier molecular flexibility index (Phi) is 4.50. The van der Waals surface area contributed by atoms with Crippen molar-refractivity contribution in [3.63, 3.8) is 0 Å². The van der Waals surface area contributed by atoms with Crippen LogP contribution in [0.1, 0.15) is 33.3 Å². The van der Waals surface area contributed by atoms with E-state index in [1.807, 2.05) is 62.9 Å². The van der Waals surface area contributed by atoms with Crippen molar-refractivity contribution in [3.8, 4) is 0 Å². The van der Waals surface area contributed by atoms with Crippen LogP contribution in [0.25, 0.3) is 5.57 Å². The number of carbonyl (C=O) groups is 1. The molecule has 0 saturated carbocycles. The molecule has 0 N–H and O–H groups in total. The molecule has 0 saturated heterocycles. The van der Waals surface area contributed by atoms with Crippen LogP contribution in [0, 0.1) is 0 Å². The van der Waals surface area contributed by atoms with Crippen LogP contribution >= 0.6 is 0 Å². The molecule has 1 rings (SSSR count). The van der Waals surface area contributed by atoms with Crippen LogP contribution < -0.4 is 0 Å². The SMILES string of the molecule is C=C(C(=O)N(C(C)C)C(C)C)c1ccccc1. The summed E-state index contributed by atoms with van der Waals surface area (Å²) in [6.07, 6.45) is 0. The van der Waals surface area contributed by atoms with Crippen molar-refractivity contribution in [2.75, 3.05) is 0 Å². The van der Waals surface area contributed by atoms with Crippen molar-refractivity contribution >= 4 is 11.5 Å². The number of rotatable bonds is 4. The Morgan fingerprint density at radius 2 is 1.53 bits per heavy atom. The van der Waals surface area contributed by atoms with Crippen LogP contribution in [0.2, 0.25) is 0 Å². The summed E-state index contributed by atoms with van der Waals surface area (Å²) >= 11 is 0. The maximum absolute atomic E-state index is 12.4. The fourth-order valence-corrected chi connectivity index (χ4v) is 1.98. The van der Waals surface area contributed by atoms with E-state index in [1.165, 1.54) is 0 Å². The quantitative estimate of drug-likeness (QED) is 0.728. The summed E-state index contributed by atoms with van der Waals surface area (Å²) in [5.74, 6) is 0.0150. The van der Waals surface area contributed by atoms with Gasteiger partial charge in [-0.1, -0.05) is 36.9 Å². The Morgan fingerprint density at radius 3 is 1.94 bits per heavy atom. The highest BCUT2D eigenvalue weighted by molar-refractivity contribution is 6.18. The molecule has 1 amide bonds. The third kappa shape index (κ3) is 3.19. The fraction of sp³-hybridized carbons (Fsp3) is 0.400. The summed E-state index contributed by atoms with van der Waals surface area (Å²) in [5, 5.41) is 0. The summed E-state index contributed by atoms with van der Waals surface area (Å²) in [6.45, 7) is 12.0. The van der Waals surface area contributed by atoms with Gasteiger partial charge in [0.25, 0.3) is 5.91 Å². The molecular weight excluding hydrogens is 210 g/mol. The van der Waals surface area contributed by atoms with Gasteiger partial charge in [-0.25, -0.2) is 0 Å². The second-order valence-electron chi connectivity index (χ2n) is 4.74. The van der Waals surface area contributed by atoms with Gasteiger partial charge in [-0.05, 0) is 33.3 Å². The number of hydrogen-bond donors (Lipinski definition) is 0. The molecule has 2 nitrogen and oxygen atoms in total. The molecule has 0 atom stereocenters. The van der Waals surface area contributed by atoms with E-state index >= 15 is 0 Å². The van der Waals surface area contributed by atoms with Crippen molar-refractivity contribution in [2.45, 2.75) is 39.8 Å². The first kappa shape index (κ1) is 13.5. The lowest BCUT2D eigenvalue weighted by atomic mass is 10.0. The molecule has 0 aliphatic carbocycles. The molecule has 1 aromatic rings. The lowest BCUT2D eigenvalue weighted by Crippen LogP contribution is -2.42. The highest BCUT2D eigenvalue weighted by Crippen LogP contribution is 2.18. The monoisotopic (exact) mass is 231 g/mol. The van der Waals surface area contributed by atoms with Gasteiger partial charge in [0.05, 0.1) is 0 Å². The molecule has 0 radical (unpaired) electrons. The van der Waals surface area contributed by atoms with Crippen molar-refractivity contribution in [3.05, 3.63) is 42.5 Å². The van der Waals surface area contributed by atoms with E-state index in [0.717, 1.165) is 5.56 Å². The standard InChI is InChI=1S/C15H21NO/c1-11(2)16(12(3)4)15(17)13(5)14-9-7-6-8-10-14/h6-12H,5H2,1-4H3. The van der Waals surface area contributed by atoms with E-state index < -0.39 is 0 Å². The van der Waals surface area contributed by atoms with Crippen LogP contribution in [0.3, 0.4) is 0 Å². The zero-order chi connectivity index (χ0) is 13.0. The second kappa shape index (κ2) is 5.67. The van der Waals surface area contributed by atoms with E-state index in [0.29, 0.717) is 5.57 Å². The van der Waals surface area contributed by atoms with Gasteiger partial charge >= 0.3 is 0 Å². The third-order valence-electron chi connectivity index (χ3n) is 2.73. The predicted octanol–water partition coefficient (Wildman–Crippen LogP) is 3.35. The molecule has 0 heterocycles. The zero-order valence-corrected chi connectivity index (χ0v) is 11.1. The number of hydrogen-bond acceptors (Lipinski definition) is 1. The largest absolute Gasteiger partial charge is 0.334 e. The molecule has 2 heteroatoms. The van der Waals surface area contributed by atoms with E-state index in [9.17, 15) is 4.79 Å². The van der Waals surface area contributed by atoms with Crippen molar-refractivity contribution in [1.82, 2.24) is 4.90 Å². The topological polar surface area (TPSA) is 20.3 Å². The summed E-state index contributed by atoms with van der Waals surface area (Å²) in [5.41, 5.74) is 1.46. The first-order valence-electron chi connectivity index (χ1n) is 6.02. The van der Waals surface area contributed by atoms with E-state index in [2.05, 4.69) is 6.58 Å². The molecule has 0 fully saturated rings. The van der Waals surface area contributed by atoms with Crippen LogP contribution in [0.15, 0.2) is 36.9 Å². The fourth-order valence-electron chi connectivity index (χ4n) is 1.98. The van der Waals surface area contributed by atoms with Crippen molar-refractivity contribution < 1.29 is 4.79 Å². The lowest BCUT2D eigenvalue weighted by molar-refractivity contribution is -0.128. The van der Waals surface area contributed by atoms with E-state index in [1.54, 1.807) is 0 Å². The van der Waals surface area contributed by atoms with Gasteiger partial charge < -0.3 is 4.90 Å². The van der Waals surface area contributed by atoms with Gasteiger partial charge in [0, 0.05) is 17.7 Å². The highest BCUT2D eigenvalue weighted by Gasteiger charge is 2.22. The number of benzene rings is 1. The molecule has 0 aromatic heterocycles. The lowest BCUT2D eigenvalue weighted by Gasteiger charge is -2.31. The highest BCUT2D eigenvalue weighted by atomic mass is 16.2. The van der Waals surface area contributed by atoms with Gasteiger partial charge in [-0.3, -0.25) is 4.79 Å². The summed E-state index contributed by atoms with van der Waals surface area (Å²) < 4.78 is 0. The normalized spacial score (nSPS) is 10.7. The van der Waals surface area contributed by atoms with Crippen LogP contribution in [-0.4, -0.2) is 22.9 Å². The van der Waals surface area contributed by atoms with Crippen LogP contribution in [0.5, 0.6) is 0 Å². The number of carbonyl (C=O) groups excluding carboxylic acids is 1. The summed E-state index contributed by atoms with van der Waals surface area (Å²) in [4.78, 5) is 14.2. The minimum atomic E-state index is 0.0150. The Balaban J connectivity index is 2.93. The Labute approximate surface area is 104 Å². The van der Waals surface area contributed by atoms with Gasteiger partial charge in [0.1, 0.15) is 0 Å². The van der Waals surface area contributed by atoms with Crippen LogP contribution in [0.4, 0.5) is 0 Å². The van der Waals surface area contributed by atoms with Crippen molar-refractivity contribution in [2.24, 2.45) is 0 Å². The molecule has 0 bridgehead atoms. The third-order valence-corrected chi connectivity index (χ3v) is 2.73. The van der Waals surface area contributed by atoms with Gasteiger partial charge in [-0.2, -0.15) is 0 Å². The molecular formula is C15H21NO. The number of amides is 1. The summed E-state index contributed by atoms with van der Waals surface area (Å²) in [7, 11) is 0. The molecule has 17 heavy (non-hydrogen) atoms. The molecule has 92 valence electrons. The predicted molar refractivity (Wildman–Crippen MR) is 72.6 cm³/mol. The first-order valence-corrected chi connectivity index (χ1v) is 6.02. The Morgan fingerprint density at radius 1 is 1.06 bits per heavy atom. The summed E-state index contributed by atoms with van der Waals surface area (Å²) in [6, 6.07) is 9.97. The van der Waals surface area contributed by atoms with Gasteiger partial charge in [0.15, 0.2) is 0 Å². The number of nitrogens with zero attached hydrogens (tertiary/aromatic N) is 1. The zero-order valence-electron chi connectivity index (χ0n) is 11.1. The van der Waals surface area contributed by atoms with Crippen molar-refractivity contribution in [1.29, 1.82) is 0 Å².